The zero-order chi connectivity index (χ0) is 14.2. The van der Waals surface area contributed by atoms with E-state index in [4.69, 9.17) is 11.6 Å². The summed E-state index contributed by atoms with van der Waals surface area (Å²) in [5.74, 6) is 0. The van der Waals surface area contributed by atoms with E-state index in [1.54, 1.807) is 11.3 Å². The minimum Gasteiger partial charge on any atom is -0.330 e. The number of rotatable bonds is 2. The van der Waals surface area contributed by atoms with Crippen molar-refractivity contribution in [3.8, 4) is 0 Å². The molecule has 3 nitrogen and oxygen atoms in total. The maximum absolute atomic E-state index is 5.99. The van der Waals surface area contributed by atoms with E-state index in [-0.39, 0.29) is 0 Å². The zero-order valence-electron chi connectivity index (χ0n) is 10.9. The molecule has 0 aliphatic heterocycles. The van der Waals surface area contributed by atoms with Crippen LogP contribution in [0.25, 0.3) is 21.1 Å². The molecule has 0 amide bonds. The third-order valence-corrected chi connectivity index (χ3v) is 4.38. The summed E-state index contributed by atoms with van der Waals surface area (Å²) < 4.78 is 1.11. The first-order valence-electron chi connectivity index (χ1n) is 6.46. The van der Waals surface area contributed by atoms with E-state index in [9.17, 15) is 0 Å². The summed E-state index contributed by atoms with van der Waals surface area (Å²) in [6.07, 6.45) is 1.82. The molecule has 21 heavy (non-hydrogen) atoms. The van der Waals surface area contributed by atoms with Crippen molar-refractivity contribution in [1.29, 1.82) is 0 Å². The van der Waals surface area contributed by atoms with Gasteiger partial charge >= 0.3 is 0 Å². The Labute approximate surface area is 130 Å². The van der Waals surface area contributed by atoms with Crippen LogP contribution in [0.5, 0.6) is 0 Å². The van der Waals surface area contributed by atoms with Gasteiger partial charge in [0.1, 0.15) is 0 Å². The van der Waals surface area contributed by atoms with Crippen LogP contribution in [-0.2, 0) is 0 Å². The number of hydrogen-bond donors (Lipinski definition) is 1. The molecule has 102 valence electrons. The van der Waals surface area contributed by atoms with Crippen LogP contribution in [-0.4, -0.2) is 9.97 Å². The van der Waals surface area contributed by atoms with E-state index in [1.165, 1.54) is 0 Å². The topological polar surface area (TPSA) is 37.8 Å². The van der Waals surface area contributed by atoms with Crippen LogP contribution in [0.15, 0.2) is 54.7 Å². The second kappa shape index (κ2) is 4.98. The predicted molar refractivity (Wildman–Crippen MR) is 89.7 cm³/mol. The van der Waals surface area contributed by atoms with Crippen molar-refractivity contribution < 1.29 is 0 Å². The molecule has 0 saturated carbocycles. The molecular weight excluding hydrogens is 302 g/mol. The highest BCUT2D eigenvalue weighted by atomic mass is 35.5. The molecule has 0 saturated heterocycles. The highest BCUT2D eigenvalue weighted by molar-refractivity contribution is 7.22. The summed E-state index contributed by atoms with van der Waals surface area (Å²) in [4.78, 5) is 8.98. The molecule has 4 rings (SSSR count). The van der Waals surface area contributed by atoms with Gasteiger partial charge in [0.05, 0.1) is 27.6 Å². The van der Waals surface area contributed by atoms with E-state index in [2.05, 4.69) is 21.4 Å². The van der Waals surface area contributed by atoms with Gasteiger partial charge in [-0.05, 0) is 30.3 Å². The van der Waals surface area contributed by atoms with E-state index >= 15 is 0 Å². The molecule has 0 bridgehead atoms. The van der Waals surface area contributed by atoms with Gasteiger partial charge in [0, 0.05) is 10.4 Å². The Hall–Kier alpha value is -2.17. The van der Waals surface area contributed by atoms with Gasteiger partial charge in [-0.1, -0.05) is 41.1 Å². The summed E-state index contributed by atoms with van der Waals surface area (Å²) in [6, 6.07) is 15.8. The number of anilines is 2. The molecule has 2 aromatic carbocycles. The summed E-state index contributed by atoms with van der Waals surface area (Å²) in [7, 11) is 0. The van der Waals surface area contributed by atoms with Crippen LogP contribution in [0.2, 0.25) is 5.02 Å². The number of nitrogens with one attached hydrogen (secondary N) is 1. The Morgan fingerprint density at radius 1 is 1.00 bits per heavy atom. The monoisotopic (exact) mass is 311 g/mol. The molecule has 2 heterocycles. The highest BCUT2D eigenvalue weighted by Crippen LogP contribution is 2.30. The minimum atomic E-state index is 0.701. The minimum absolute atomic E-state index is 0.701. The normalized spacial score (nSPS) is 11.1. The van der Waals surface area contributed by atoms with Crippen molar-refractivity contribution in [3.63, 3.8) is 0 Å². The van der Waals surface area contributed by atoms with Gasteiger partial charge in [-0.3, -0.25) is 4.98 Å². The lowest BCUT2D eigenvalue weighted by Crippen LogP contribution is -1.90. The first-order chi connectivity index (χ1) is 10.3. The van der Waals surface area contributed by atoms with Crippen molar-refractivity contribution in [2.45, 2.75) is 0 Å². The molecule has 0 aliphatic rings. The van der Waals surface area contributed by atoms with E-state index in [1.807, 2.05) is 48.7 Å². The Morgan fingerprint density at radius 2 is 1.90 bits per heavy atom. The Kier molecular flexibility index (Phi) is 2.98. The quantitative estimate of drug-likeness (QED) is 0.550. The number of thiazole rings is 1. The van der Waals surface area contributed by atoms with Crippen LogP contribution in [0.3, 0.4) is 0 Å². The summed E-state index contributed by atoms with van der Waals surface area (Å²) in [5.41, 5.74) is 2.82. The van der Waals surface area contributed by atoms with Crippen molar-refractivity contribution in [2.75, 3.05) is 5.32 Å². The molecule has 4 aromatic rings. The summed E-state index contributed by atoms with van der Waals surface area (Å²) in [6.45, 7) is 0. The lowest BCUT2D eigenvalue weighted by molar-refractivity contribution is 1.38. The van der Waals surface area contributed by atoms with Gasteiger partial charge in [0.25, 0.3) is 0 Å². The van der Waals surface area contributed by atoms with Crippen molar-refractivity contribution in [2.24, 2.45) is 0 Å². The molecule has 0 atom stereocenters. The van der Waals surface area contributed by atoms with Crippen LogP contribution in [0, 0.1) is 0 Å². The third kappa shape index (κ3) is 2.44. The number of benzene rings is 2. The Morgan fingerprint density at radius 3 is 2.86 bits per heavy atom. The van der Waals surface area contributed by atoms with Crippen molar-refractivity contribution in [1.82, 2.24) is 9.97 Å². The van der Waals surface area contributed by atoms with Crippen molar-refractivity contribution in [3.05, 3.63) is 59.8 Å². The Balaban J connectivity index is 1.71. The summed E-state index contributed by atoms with van der Waals surface area (Å²) in [5, 5.41) is 5.95. The molecule has 2 aromatic heterocycles. The molecular formula is C16H10ClN3S. The Bertz CT molecular complexity index is 948. The average Bonchev–Trinajstić information content (AvgIpc) is 2.88. The summed E-state index contributed by atoms with van der Waals surface area (Å²) >= 11 is 7.59. The van der Waals surface area contributed by atoms with Crippen molar-refractivity contribution >= 4 is 54.9 Å². The fourth-order valence-electron chi connectivity index (χ4n) is 2.22. The molecule has 0 spiro atoms. The zero-order valence-corrected chi connectivity index (χ0v) is 12.4. The average molecular weight is 312 g/mol. The van der Waals surface area contributed by atoms with E-state index in [0.29, 0.717) is 5.02 Å². The molecule has 0 fully saturated rings. The largest absolute Gasteiger partial charge is 0.330 e. The van der Waals surface area contributed by atoms with Gasteiger partial charge in [-0.2, -0.15) is 0 Å². The third-order valence-electron chi connectivity index (χ3n) is 3.19. The first-order valence-corrected chi connectivity index (χ1v) is 7.65. The van der Waals surface area contributed by atoms with Crippen LogP contribution in [0.4, 0.5) is 10.8 Å². The van der Waals surface area contributed by atoms with Crippen LogP contribution < -0.4 is 5.32 Å². The van der Waals surface area contributed by atoms with Gasteiger partial charge in [0.2, 0.25) is 0 Å². The SMILES string of the molecule is Clc1ccc2sc(Nc3cnc4ccccc4c3)nc2c1. The number of hydrogen-bond acceptors (Lipinski definition) is 4. The second-order valence-corrected chi connectivity index (χ2v) is 6.14. The van der Waals surface area contributed by atoms with E-state index in [0.717, 1.165) is 31.9 Å². The number of fused-ring (bicyclic) bond motifs is 2. The van der Waals surface area contributed by atoms with Crippen LogP contribution >= 0.6 is 22.9 Å². The predicted octanol–water partition coefficient (Wildman–Crippen LogP) is 5.24. The number of aromatic nitrogens is 2. The lowest BCUT2D eigenvalue weighted by atomic mass is 10.2. The first kappa shape index (κ1) is 12.6. The second-order valence-electron chi connectivity index (χ2n) is 4.67. The van der Waals surface area contributed by atoms with Gasteiger partial charge in [-0.25, -0.2) is 4.98 Å². The van der Waals surface area contributed by atoms with Gasteiger partial charge in [0.15, 0.2) is 5.13 Å². The standard InChI is InChI=1S/C16H10ClN3S/c17-11-5-6-15-14(8-11)20-16(21-15)19-12-7-10-3-1-2-4-13(10)18-9-12/h1-9H,(H,19,20). The fourth-order valence-corrected chi connectivity index (χ4v) is 3.25. The molecule has 5 heteroatoms. The number of halogens is 1. The fraction of sp³-hybridized carbons (Fsp3) is 0. The smallest absolute Gasteiger partial charge is 0.188 e. The lowest BCUT2D eigenvalue weighted by Gasteiger charge is -2.03. The maximum Gasteiger partial charge on any atom is 0.188 e. The molecule has 0 radical (unpaired) electrons. The number of nitrogens with zero attached hydrogens (tertiary/aromatic N) is 2. The van der Waals surface area contributed by atoms with Crippen LogP contribution in [0.1, 0.15) is 0 Å². The van der Waals surface area contributed by atoms with E-state index < -0.39 is 0 Å². The maximum atomic E-state index is 5.99. The molecule has 0 aliphatic carbocycles. The van der Waals surface area contributed by atoms with Gasteiger partial charge < -0.3 is 5.32 Å². The molecule has 0 unspecified atom stereocenters. The molecule has 1 N–H and O–H groups in total. The number of para-hydroxylation sites is 1. The number of pyridine rings is 1. The van der Waals surface area contributed by atoms with Gasteiger partial charge in [-0.15, -0.1) is 0 Å². The highest BCUT2D eigenvalue weighted by Gasteiger charge is 2.05.